The van der Waals surface area contributed by atoms with E-state index < -0.39 is 5.60 Å². The molecule has 17 heavy (non-hydrogen) atoms. The molecule has 0 aliphatic heterocycles. The van der Waals surface area contributed by atoms with Gasteiger partial charge in [0, 0.05) is 6.54 Å². The van der Waals surface area contributed by atoms with Gasteiger partial charge in [-0.1, -0.05) is 11.6 Å². The lowest BCUT2D eigenvalue weighted by Gasteiger charge is -2.18. The molecular formula is C13H19NO3. The van der Waals surface area contributed by atoms with Crippen molar-refractivity contribution in [1.29, 1.82) is 0 Å². The van der Waals surface area contributed by atoms with Gasteiger partial charge in [0.15, 0.2) is 0 Å². The fraction of sp³-hybridized carbons (Fsp3) is 0.462. The number of methoxy groups -OCH3 is 1. The molecule has 1 amide bonds. The predicted octanol–water partition coefficient (Wildman–Crippen LogP) is 1.50. The van der Waals surface area contributed by atoms with Crippen LogP contribution < -0.4 is 10.1 Å². The van der Waals surface area contributed by atoms with Gasteiger partial charge in [-0.25, -0.2) is 0 Å². The van der Waals surface area contributed by atoms with E-state index in [9.17, 15) is 9.90 Å². The van der Waals surface area contributed by atoms with E-state index in [2.05, 4.69) is 5.32 Å². The van der Waals surface area contributed by atoms with E-state index in [-0.39, 0.29) is 12.5 Å². The van der Waals surface area contributed by atoms with Crippen LogP contribution in [0.5, 0.6) is 5.75 Å². The van der Waals surface area contributed by atoms with Crippen LogP contribution in [0, 0.1) is 6.92 Å². The Morgan fingerprint density at radius 3 is 2.65 bits per heavy atom. The van der Waals surface area contributed by atoms with Gasteiger partial charge in [0.05, 0.1) is 18.3 Å². The first-order valence-corrected chi connectivity index (χ1v) is 5.49. The van der Waals surface area contributed by atoms with E-state index in [1.807, 2.05) is 13.0 Å². The van der Waals surface area contributed by atoms with Crippen LogP contribution in [0.15, 0.2) is 18.2 Å². The second-order valence-corrected chi connectivity index (χ2v) is 4.70. The first-order chi connectivity index (χ1) is 7.83. The Hall–Kier alpha value is -1.55. The van der Waals surface area contributed by atoms with Crippen LogP contribution in [0.2, 0.25) is 0 Å². The van der Waals surface area contributed by atoms with Gasteiger partial charge in [-0.05, 0) is 32.9 Å². The summed E-state index contributed by atoms with van der Waals surface area (Å²) in [5.41, 5.74) is 0.545. The Labute approximate surface area is 102 Å². The van der Waals surface area contributed by atoms with Crippen LogP contribution in [0.25, 0.3) is 0 Å². The lowest BCUT2D eigenvalue weighted by molar-refractivity contribution is 0.0693. The summed E-state index contributed by atoms with van der Waals surface area (Å²) in [5, 5.41) is 12.2. The molecule has 0 bridgehead atoms. The van der Waals surface area contributed by atoms with Crippen molar-refractivity contribution in [3.05, 3.63) is 29.3 Å². The average Bonchev–Trinajstić information content (AvgIpc) is 2.25. The van der Waals surface area contributed by atoms with E-state index >= 15 is 0 Å². The Kier molecular flexibility index (Phi) is 4.12. The molecule has 0 aromatic heterocycles. The summed E-state index contributed by atoms with van der Waals surface area (Å²) in [7, 11) is 1.53. The summed E-state index contributed by atoms with van der Waals surface area (Å²) in [6.45, 7) is 5.39. The highest BCUT2D eigenvalue weighted by Crippen LogP contribution is 2.19. The average molecular weight is 237 g/mol. The zero-order chi connectivity index (χ0) is 13.1. The molecule has 0 atom stereocenters. The van der Waals surface area contributed by atoms with E-state index in [4.69, 9.17) is 4.74 Å². The molecule has 0 heterocycles. The Balaban J connectivity index is 2.84. The topological polar surface area (TPSA) is 58.6 Å². The van der Waals surface area contributed by atoms with E-state index in [0.717, 1.165) is 5.56 Å². The molecule has 0 aliphatic carbocycles. The van der Waals surface area contributed by atoms with Gasteiger partial charge in [-0.15, -0.1) is 0 Å². The molecule has 0 unspecified atom stereocenters. The summed E-state index contributed by atoms with van der Waals surface area (Å²) >= 11 is 0. The van der Waals surface area contributed by atoms with Gasteiger partial charge in [0.1, 0.15) is 5.75 Å². The second-order valence-electron chi connectivity index (χ2n) is 4.70. The summed E-state index contributed by atoms with van der Waals surface area (Å²) < 4.78 is 5.13. The normalized spacial score (nSPS) is 11.1. The number of amides is 1. The zero-order valence-electron chi connectivity index (χ0n) is 10.7. The third-order valence-electron chi connectivity index (χ3n) is 2.28. The number of aryl methyl sites for hydroxylation is 1. The largest absolute Gasteiger partial charge is 0.496 e. The Bertz CT molecular complexity index is 408. The number of hydrogen-bond donors (Lipinski definition) is 2. The molecule has 0 radical (unpaired) electrons. The molecule has 0 saturated heterocycles. The first kappa shape index (κ1) is 13.5. The molecule has 2 N–H and O–H groups in total. The van der Waals surface area contributed by atoms with E-state index in [1.54, 1.807) is 26.0 Å². The van der Waals surface area contributed by atoms with Crippen molar-refractivity contribution in [3.8, 4) is 5.75 Å². The summed E-state index contributed by atoms with van der Waals surface area (Å²) in [5.74, 6) is 0.288. The monoisotopic (exact) mass is 237 g/mol. The fourth-order valence-electron chi connectivity index (χ4n) is 1.39. The minimum absolute atomic E-state index is 0.197. The Morgan fingerprint density at radius 2 is 2.12 bits per heavy atom. The summed E-state index contributed by atoms with van der Waals surface area (Å²) in [4.78, 5) is 11.9. The van der Waals surface area contributed by atoms with Crippen molar-refractivity contribution in [1.82, 2.24) is 5.32 Å². The minimum atomic E-state index is -0.924. The molecule has 0 saturated carbocycles. The number of aliphatic hydroxyl groups is 1. The van der Waals surface area contributed by atoms with Gasteiger partial charge in [0.25, 0.3) is 5.91 Å². The molecule has 1 rings (SSSR count). The number of nitrogens with one attached hydrogen (secondary N) is 1. The maximum absolute atomic E-state index is 11.9. The molecule has 0 aliphatic rings. The van der Waals surface area contributed by atoms with Crippen LogP contribution >= 0.6 is 0 Å². The van der Waals surface area contributed by atoms with Crippen molar-refractivity contribution >= 4 is 5.91 Å². The number of carbonyl (C=O) groups is 1. The van der Waals surface area contributed by atoms with Crippen LogP contribution in [0.1, 0.15) is 29.8 Å². The highest BCUT2D eigenvalue weighted by molar-refractivity contribution is 5.97. The lowest BCUT2D eigenvalue weighted by atomic mass is 10.1. The number of rotatable bonds is 4. The highest BCUT2D eigenvalue weighted by Gasteiger charge is 2.17. The molecule has 4 heteroatoms. The third-order valence-corrected chi connectivity index (χ3v) is 2.28. The lowest BCUT2D eigenvalue weighted by Crippen LogP contribution is -2.38. The quantitative estimate of drug-likeness (QED) is 0.834. The molecule has 1 aromatic rings. The van der Waals surface area contributed by atoms with Crippen molar-refractivity contribution in [2.45, 2.75) is 26.4 Å². The van der Waals surface area contributed by atoms with Crippen LogP contribution in [-0.2, 0) is 0 Å². The summed E-state index contributed by atoms with van der Waals surface area (Å²) in [6.07, 6.45) is 0. The smallest absolute Gasteiger partial charge is 0.255 e. The second kappa shape index (κ2) is 5.19. The van der Waals surface area contributed by atoms with Gasteiger partial charge in [-0.2, -0.15) is 0 Å². The van der Waals surface area contributed by atoms with Gasteiger partial charge in [0.2, 0.25) is 0 Å². The molecule has 0 fully saturated rings. The summed E-state index contributed by atoms with van der Waals surface area (Å²) in [6, 6.07) is 5.40. The van der Waals surface area contributed by atoms with Crippen molar-refractivity contribution in [2.75, 3.05) is 13.7 Å². The van der Waals surface area contributed by atoms with Crippen molar-refractivity contribution in [2.24, 2.45) is 0 Å². The van der Waals surface area contributed by atoms with E-state index in [0.29, 0.717) is 11.3 Å². The number of hydrogen-bond acceptors (Lipinski definition) is 3. The third kappa shape index (κ3) is 4.07. The molecule has 94 valence electrons. The van der Waals surface area contributed by atoms with Crippen molar-refractivity contribution < 1.29 is 14.6 Å². The maximum Gasteiger partial charge on any atom is 0.255 e. The highest BCUT2D eigenvalue weighted by atomic mass is 16.5. The molecule has 1 aromatic carbocycles. The SMILES string of the molecule is COc1ccc(C)cc1C(=O)NCC(C)(C)O. The number of benzene rings is 1. The number of ether oxygens (including phenoxy) is 1. The van der Waals surface area contributed by atoms with Crippen molar-refractivity contribution in [3.63, 3.8) is 0 Å². The zero-order valence-corrected chi connectivity index (χ0v) is 10.7. The maximum atomic E-state index is 11.9. The Morgan fingerprint density at radius 1 is 1.47 bits per heavy atom. The first-order valence-electron chi connectivity index (χ1n) is 5.49. The number of carbonyl (C=O) groups excluding carboxylic acids is 1. The van der Waals surface area contributed by atoms with Crippen LogP contribution in [-0.4, -0.2) is 30.3 Å². The standard InChI is InChI=1S/C13H19NO3/c1-9-5-6-11(17-4)10(7-9)12(15)14-8-13(2,3)16/h5-7,16H,8H2,1-4H3,(H,14,15). The van der Waals surface area contributed by atoms with Gasteiger partial charge < -0.3 is 15.2 Å². The molecule has 4 nitrogen and oxygen atoms in total. The van der Waals surface area contributed by atoms with Gasteiger partial charge >= 0.3 is 0 Å². The van der Waals surface area contributed by atoms with Gasteiger partial charge in [-0.3, -0.25) is 4.79 Å². The minimum Gasteiger partial charge on any atom is -0.496 e. The fourth-order valence-corrected chi connectivity index (χ4v) is 1.39. The van der Waals surface area contributed by atoms with Crippen LogP contribution in [0.4, 0.5) is 0 Å². The predicted molar refractivity (Wildman–Crippen MR) is 66.4 cm³/mol. The molecule has 0 spiro atoms. The van der Waals surface area contributed by atoms with Crippen LogP contribution in [0.3, 0.4) is 0 Å². The van der Waals surface area contributed by atoms with E-state index in [1.165, 1.54) is 7.11 Å². The molecular weight excluding hydrogens is 218 g/mol.